The molecule has 0 aromatic carbocycles. The lowest BCUT2D eigenvalue weighted by atomic mass is 9.87. The molecule has 5 nitrogen and oxygen atoms in total. The lowest BCUT2D eigenvalue weighted by Crippen LogP contribution is -2.47. The maximum Gasteiger partial charge on any atom is 0.319 e. The van der Waals surface area contributed by atoms with Gasteiger partial charge in [-0.1, -0.05) is 13.8 Å². The standard InChI is InChI=1S/C14H26N2O3/c1-10-5-7-12(8-6-10)16(4)14(19)15(3)9-11(2)13(17)18/h10-12H,5-9H2,1-4H3,(H,17,18). The van der Waals surface area contributed by atoms with Gasteiger partial charge < -0.3 is 14.9 Å². The Labute approximate surface area is 115 Å². The summed E-state index contributed by atoms with van der Waals surface area (Å²) in [6.07, 6.45) is 4.42. The summed E-state index contributed by atoms with van der Waals surface area (Å²) in [5.41, 5.74) is 0. The highest BCUT2D eigenvalue weighted by Crippen LogP contribution is 2.26. The van der Waals surface area contributed by atoms with Gasteiger partial charge in [-0.2, -0.15) is 0 Å². The van der Waals surface area contributed by atoms with Crippen LogP contribution in [-0.4, -0.2) is 53.6 Å². The van der Waals surface area contributed by atoms with Crippen LogP contribution in [-0.2, 0) is 4.79 Å². The van der Waals surface area contributed by atoms with E-state index < -0.39 is 11.9 Å². The van der Waals surface area contributed by atoms with Crippen LogP contribution in [0.1, 0.15) is 39.5 Å². The van der Waals surface area contributed by atoms with Crippen molar-refractivity contribution in [2.75, 3.05) is 20.6 Å². The van der Waals surface area contributed by atoms with Crippen molar-refractivity contribution >= 4 is 12.0 Å². The van der Waals surface area contributed by atoms with E-state index in [1.165, 1.54) is 4.90 Å². The zero-order chi connectivity index (χ0) is 14.6. The lowest BCUT2D eigenvalue weighted by molar-refractivity contribution is -0.141. The van der Waals surface area contributed by atoms with E-state index in [0.29, 0.717) is 6.04 Å². The second-order valence-electron chi connectivity index (χ2n) is 5.93. The van der Waals surface area contributed by atoms with E-state index in [1.807, 2.05) is 7.05 Å². The van der Waals surface area contributed by atoms with Gasteiger partial charge in [0, 0.05) is 26.7 Å². The smallest absolute Gasteiger partial charge is 0.319 e. The molecule has 0 heterocycles. The Morgan fingerprint density at radius 1 is 1.21 bits per heavy atom. The number of hydrogen-bond acceptors (Lipinski definition) is 2. The molecule has 1 N–H and O–H groups in total. The molecule has 19 heavy (non-hydrogen) atoms. The SMILES string of the molecule is CC1CCC(N(C)C(=O)N(C)CC(C)C(=O)O)CC1. The van der Waals surface area contributed by atoms with Gasteiger partial charge in [0.15, 0.2) is 0 Å². The molecule has 0 saturated heterocycles. The van der Waals surface area contributed by atoms with E-state index in [9.17, 15) is 9.59 Å². The third-order valence-corrected chi connectivity index (χ3v) is 4.13. The third-order valence-electron chi connectivity index (χ3n) is 4.13. The molecule has 110 valence electrons. The first-order chi connectivity index (χ1) is 8.82. The third kappa shape index (κ3) is 4.40. The van der Waals surface area contributed by atoms with Crippen LogP contribution in [0.5, 0.6) is 0 Å². The zero-order valence-corrected chi connectivity index (χ0v) is 12.4. The summed E-state index contributed by atoms with van der Waals surface area (Å²) in [6.45, 7) is 4.12. The second kappa shape index (κ2) is 6.78. The molecule has 1 saturated carbocycles. The van der Waals surface area contributed by atoms with E-state index in [-0.39, 0.29) is 12.6 Å². The highest BCUT2D eigenvalue weighted by atomic mass is 16.4. The van der Waals surface area contributed by atoms with Crippen molar-refractivity contribution in [3.05, 3.63) is 0 Å². The molecule has 0 radical (unpaired) electrons. The van der Waals surface area contributed by atoms with Gasteiger partial charge in [0.05, 0.1) is 5.92 Å². The Morgan fingerprint density at radius 2 is 1.74 bits per heavy atom. The molecule has 0 bridgehead atoms. The van der Waals surface area contributed by atoms with E-state index in [2.05, 4.69) is 6.92 Å². The first-order valence-corrected chi connectivity index (χ1v) is 7.03. The highest BCUT2D eigenvalue weighted by Gasteiger charge is 2.27. The Morgan fingerprint density at radius 3 is 2.21 bits per heavy atom. The molecule has 2 amide bonds. The van der Waals surface area contributed by atoms with E-state index >= 15 is 0 Å². The number of carboxylic acid groups (broad SMARTS) is 1. The fraction of sp³-hybridized carbons (Fsp3) is 0.857. The molecule has 1 fully saturated rings. The first-order valence-electron chi connectivity index (χ1n) is 7.03. The topological polar surface area (TPSA) is 60.9 Å². The normalized spacial score (nSPS) is 24.6. The molecule has 0 aliphatic heterocycles. The number of urea groups is 1. The molecule has 0 spiro atoms. The number of amides is 2. The van der Waals surface area contributed by atoms with Gasteiger partial charge in [-0.25, -0.2) is 4.79 Å². The van der Waals surface area contributed by atoms with Crippen molar-refractivity contribution in [1.29, 1.82) is 0 Å². The summed E-state index contributed by atoms with van der Waals surface area (Å²) in [5, 5.41) is 8.88. The van der Waals surface area contributed by atoms with Crippen molar-refractivity contribution in [3.8, 4) is 0 Å². The minimum Gasteiger partial charge on any atom is -0.481 e. The van der Waals surface area contributed by atoms with Gasteiger partial charge in [-0.05, 0) is 31.6 Å². The Hall–Kier alpha value is -1.26. The summed E-state index contributed by atoms with van der Waals surface area (Å²) in [7, 11) is 3.49. The number of carboxylic acids is 1. The quantitative estimate of drug-likeness (QED) is 0.852. The lowest BCUT2D eigenvalue weighted by Gasteiger charge is -2.36. The number of carbonyl (C=O) groups excluding carboxylic acids is 1. The van der Waals surface area contributed by atoms with Gasteiger partial charge in [0.2, 0.25) is 0 Å². The molecule has 0 aromatic rings. The number of rotatable bonds is 4. The maximum absolute atomic E-state index is 12.2. The van der Waals surface area contributed by atoms with Crippen molar-refractivity contribution in [2.24, 2.45) is 11.8 Å². The Balaban J connectivity index is 2.49. The number of carbonyl (C=O) groups is 2. The molecule has 1 aliphatic carbocycles. The number of hydrogen-bond donors (Lipinski definition) is 1. The summed E-state index contributed by atoms with van der Waals surface area (Å²) in [6, 6.07) is 0.221. The maximum atomic E-state index is 12.2. The fourth-order valence-corrected chi connectivity index (χ4v) is 2.62. The second-order valence-corrected chi connectivity index (χ2v) is 5.93. The number of aliphatic carboxylic acids is 1. The van der Waals surface area contributed by atoms with Gasteiger partial charge in [-0.15, -0.1) is 0 Å². The summed E-state index contributed by atoms with van der Waals surface area (Å²) in [4.78, 5) is 26.3. The average Bonchev–Trinajstić information content (AvgIpc) is 2.37. The van der Waals surface area contributed by atoms with Crippen LogP contribution in [0.2, 0.25) is 0 Å². The van der Waals surface area contributed by atoms with Gasteiger partial charge in [0.25, 0.3) is 0 Å². The molecule has 5 heteroatoms. The molecule has 1 unspecified atom stereocenters. The molecule has 0 aromatic heterocycles. The predicted octanol–water partition coefficient (Wildman–Crippen LogP) is 2.27. The molecule has 1 aliphatic rings. The van der Waals surface area contributed by atoms with Crippen LogP contribution in [0.15, 0.2) is 0 Å². The minimum absolute atomic E-state index is 0.0762. The van der Waals surface area contributed by atoms with Crippen LogP contribution in [0.4, 0.5) is 4.79 Å². The van der Waals surface area contributed by atoms with Gasteiger partial charge in [-0.3, -0.25) is 4.79 Å². The predicted molar refractivity (Wildman–Crippen MR) is 74.0 cm³/mol. The van der Waals surface area contributed by atoms with Crippen LogP contribution < -0.4 is 0 Å². The zero-order valence-electron chi connectivity index (χ0n) is 12.4. The first kappa shape index (κ1) is 15.8. The Kier molecular flexibility index (Phi) is 5.63. The van der Waals surface area contributed by atoms with Crippen LogP contribution >= 0.6 is 0 Å². The van der Waals surface area contributed by atoms with Crippen molar-refractivity contribution < 1.29 is 14.7 Å². The largest absolute Gasteiger partial charge is 0.481 e. The average molecular weight is 270 g/mol. The van der Waals surface area contributed by atoms with Crippen molar-refractivity contribution in [3.63, 3.8) is 0 Å². The molecular formula is C14H26N2O3. The highest BCUT2D eigenvalue weighted by molar-refractivity contribution is 5.76. The monoisotopic (exact) mass is 270 g/mol. The fourth-order valence-electron chi connectivity index (χ4n) is 2.62. The van der Waals surface area contributed by atoms with Crippen molar-refractivity contribution in [1.82, 2.24) is 9.80 Å². The number of nitrogens with zero attached hydrogens (tertiary/aromatic N) is 2. The summed E-state index contributed by atoms with van der Waals surface area (Å²) < 4.78 is 0. The van der Waals surface area contributed by atoms with E-state index in [0.717, 1.165) is 31.6 Å². The molecule has 1 atom stereocenters. The van der Waals surface area contributed by atoms with Crippen LogP contribution in [0, 0.1) is 11.8 Å². The molecular weight excluding hydrogens is 244 g/mol. The van der Waals surface area contributed by atoms with Gasteiger partial charge in [0.1, 0.15) is 0 Å². The summed E-state index contributed by atoms with van der Waals surface area (Å²) >= 11 is 0. The summed E-state index contributed by atoms with van der Waals surface area (Å²) in [5.74, 6) is -0.646. The van der Waals surface area contributed by atoms with Crippen LogP contribution in [0.25, 0.3) is 0 Å². The van der Waals surface area contributed by atoms with Gasteiger partial charge >= 0.3 is 12.0 Å². The van der Waals surface area contributed by atoms with E-state index in [1.54, 1.807) is 18.9 Å². The Bertz CT molecular complexity index is 325. The van der Waals surface area contributed by atoms with E-state index in [4.69, 9.17) is 5.11 Å². The van der Waals surface area contributed by atoms with Crippen molar-refractivity contribution in [2.45, 2.75) is 45.6 Å². The molecule has 1 rings (SSSR count). The minimum atomic E-state index is -0.867. The van der Waals surface area contributed by atoms with Crippen LogP contribution in [0.3, 0.4) is 0 Å².